The van der Waals surface area contributed by atoms with E-state index in [1.54, 1.807) is 11.9 Å². The van der Waals surface area contributed by atoms with Crippen molar-refractivity contribution >= 4 is 12.0 Å². The van der Waals surface area contributed by atoms with Crippen molar-refractivity contribution in [2.75, 3.05) is 20.1 Å². The van der Waals surface area contributed by atoms with Crippen molar-refractivity contribution in [3.8, 4) is 0 Å². The van der Waals surface area contributed by atoms with E-state index in [2.05, 4.69) is 12.2 Å². The number of nitrogens with one attached hydrogen (secondary N) is 1. The zero-order valence-electron chi connectivity index (χ0n) is 12.2. The van der Waals surface area contributed by atoms with Crippen LogP contribution in [0.5, 0.6) is 0 Å². The lowest BCUT2D eigenvalue weighted by molar-refractivity contribution is -0.151. The number of carboxylic acids is 1. The second-order valence-electron chi connectivity index (χ2n) is 5.85. The van der Waals surface area contributed by atoms with Gasteiger partial charge in [-0.15, -0.1) is 0 Å². The summed E-state index contributed by atoms with van der Waals surface area (Å²) in [5, 5.41) is 12.2. The van der Waals surface area contributed by atoms with Crippen LogP contribution in [0.25, 0.3) is 0 Å². The molecule has 0 bridgehead atoms. The summed E-state index contributed by atoms with van der Waals surface area (Å²) in [6.45, 7) is 5.08. The number of amides is 2. The van der Waals surface area contributed by atoms with E-state index in [-0.39, 0.29) is 12.6 Å². The molecule has 0 saturated heterocycles. The Morgan fingerprint density at radius 3 is 2.42 bits per heavy atom. The second kappa shape index (κ2) is 6.78. The molecule has 1 fully saturated rings. The molecule has 5 nitrogen and oxygen atoms in total. The quantitative estimate of drug-likeness (QED) is 0.805. The first-order valence-electron chi connectivity index (χ1n) is 7.13. The van der Waals surface area contributed by atoms with E-state index in [4.69, 9.17) is 0 Å². The van der Waals surface area contributed by atoms with Gasteiger partial charge in [0, 0.05) is 20.1 Å². The van der Waals surface area contributed by atoms with Crippen LogP contribution in [-0.4, -0.2) is 42.1 Å². The Hall–Kier alpha value is -1.26. The first kappa shape index (κ1) is 15.8. The van der Waals surface area contributed by atoms with Crippen LogP contribution in [0.4, 0.5) is 4.79 Å². The average Bonchev–Trinajstić information content (AvgIpc) is 2.38. The van der Waals surface area contributed by atoms with Crippen LogP contribution in [0.15, 0.2) is 0 Å². The minimum atomic E-state index is -0.780. The van der Waals surface area contributed by atoms with Gasteiger partial charge >= 0.3 is 12.0 Å². The topological polar surface area (TPSA) is 69.6 Å². The predicted octanol–water partition coefficient (Wildman–Crippen LogP) is 2.32. The van der Waals surface area contributed by atoms with Crippen molar-refractivity contribution in [1.29, 1.82) is 0 Å². The highest BCUT2D eigenvalue weighted by atomic mass is 16.4. The molecule has 0 aromatic rings. The Labute approximate surface area is 115 Å². The van der Waals surface area contributed by atoms with Crippen LogP contribution in [0.1, 0.15) is 46.0 Å². The van der Waals surface area contributed by atoms with Gasteiger partial charge in [-0.05, 0) is 38.0 Å². The molecule has 2 N–H and O–H groups in total. The number of urea groups is 1. The van der Waals surface area contributed by atoms with Gasteiger partial charge in [-0.2, -0.15) is 0 Å². The highest BCUT2D eigenvalue weighted by molar-refractivity contribution is 5.78. The van der Waals surface area contributed by atoms with Crippen LogP contribution in [0, 0.1) is 11.3 Å². The summed E-state index contributed by atoms with van der Waals surface area (Å²) in [4.78, 5) is 25.0. The standard InChI is InChI=1S/C14H26N2O3/c1-4-9-16(3)13(19)15-10-14(12(17)18)7-5-11(2)6-8-14/h11H,4-10H2,1-3H3,(H,15,19)(H,17,18). The number of nitrogens with zero attached hydrogens (tertiary/aromatic N) is 1. The zero-order chi connectivity index (χ0) is 14.5. The second-order valence-corrected chi connectivity index (χ2v) is 5.85. The molecule has 0 spiro atoms. The van der Waals surface area contributed by atoms with Gasteiger partial charge in [0.05, 0.1) is 5.41 Å². The number of hydrogen-bond donors (Lipinski definition) is 2. The molecule has 2 amide bonds. The normalized spacial score (nSPS) is 26.8. The van der Waals surface area contributed by atoms with E-state index in [0.717, 1.165) is 19.3 Å². The van der Waals surface area contributed by atoms with Gasteiger partial charge in [-0.1, -0.05) is 13.8 Å². The molecule has 19 heavy (non-hydrogen) atoms. The molecule has 0 aliphatic heterocycles. The van der Waals surface area contributed by atoms with Gasteiger partial charge in [0.1, 0.15) is 0 Å². The van der Waals surface area contributed by atoms with E-state index in [1.807, 2.05) is 6.92 Å². The third kappa shape index (κ3) is 4.11. The predicted molar refractivity (Wildman–Crippen MR) is 74.0 cm³/mol. The van der Waals surface area contributed by atoms with E-state index < -0.39 is 11.4 Å². The number of hydrogen-bond acceptors (Lipinski definition) is 2. The SMILES string of the molecule is CCCN(C)C(=O)NCC1(C(=O)O)CCC(C)CC1. The zero-order valence-corrected chi connectivity index (χ0v) is 12.2. The van der Waals surface area contributed by atoms with Gasteiger partial charge in [-0.25, -0.2) is 4.79 Å². The molecule has 0 radical (unpaired) electrons. The fraction of sp³-hybridized carbons (Fsp3) is 0.857. The molecule has 1 aliphatic rings. The van der Waals surface area contributed by atoms with Crippen LogP contribution in [0.2, 0.25) is 0 Å². The molecule has 110 valence electrons. The van der Waals surface area contributed by atoms with Crippen molar-refractivity contribution in [3.63, 3.8) is 0 Å². The molecule has 0 atom stereocenters. The number of carboxylic acid groups (broad SMARTS) is 1. The van der Waals surface area contributed by atoms with E-state index in [9.17, 15) is 14.7 Å². The molecule has 1 aliphatic carbocycles. The molecule has 1 saturated carbocycles. The monoisotopic (exact) mass is 270 g/mol. The maximum atomic E-state index is 11.8. The van der Waals surface area contributed by atoms with Crippen LogP contribution in [-0.2, 0) is 4.79 Å². The van der Waals surface area contributed by atoms with Gasteiger partial charge in [0.25, 0.3) is 0 Å². The lowest BCUT2D eigenvalue weighted by Gasteiger charge is -2.36. The number of aliphatic carboxylic acids is 1. The van der Waals surface area contributed by atoms with Crippen molar-refractivity contribution in [2.45, 2.75) is 46.0 Å². The highest BCUT2D eigenvalue weighted by Crippen LogP contribution is 2.38. The smallest absolute Gasteiger partial charge is 0.317 e. The van der Waals surface area contributed by atoms with Crippen molar-refractivity contribution in [1.82, 2.24) is 10.2 Å². The lowest BCUT2D eigenvalue weighted by Crippen LogP contribution is -2.48. The summed E-state index contributed by atoms with van der Waals surface area (Å²) in [7, 11) is 1.73. The fourth-order valence-electron chi connectivity index (χ4n) is 2.60. The van der Waals surface area contributed by atoms with Gasteiger partial charge in [0.2, 0.25) is 0 Å². The Morgan fingerprint density at radius 1 is 1.37 bits per heavy atom. The average molecular weight is 270 g/mol. The van der Waals surface area contributed by atoms with E-state index in [0.29, 0.717) is 25.3 Å². The lowest BCUT2D eigenvalue weighted by atomic mass is 9.71. The summed E-state index contributed by atoms with van der Waals surface area (Å²) < 4.78 is 0. The maximum Gasteiger partial charge on any atom is 0.317 e. The van der Waals surface area contributed by atoms with Gasteiger partial charge in [0.15, 0.2) is 0 Å². The largest absolute Gasteiger partial charge is 0.481 e. The minimum absolute atomic E-state index is 0.180. The number of rotatable bonds is 5. The molecule has 1 rings (SSSR count). The maximum absolute atomic E-state index is 11.8. The third-order valence-corrected chi connectivity index (χ3v) is 4.17. The number of carbonyl (C=O) groups is 2. The molecular weight excluding hydrogens is 244 g/mol. The summed E-state index contributed by atoms with van der Waals surface area (Å²) in [5.41, 5.74) is -0.769. The van der Waals surface area contributed by atoms with Crippen molar-refractivity contribution in [2.24, 2.45) is 11.3 Å². The molecule has 0 aromatic carbocycles. The summed E-state index contributed by atoms with van der Waals surface area (Å²) in [5.74, 6) is -0.191. The summed E-state index contributed by atoms with van der Waals surface area (Å²) in [6.07, 6.45) is 4.05. The Morgan fingerprint density at radius 2 is 1.95 bits per heavy atom. The van der Waals surface area contributed by atoms with Crippen LogP contribution in [0.3, 0.4) is 0 Å². The van der Waals surface area contributed by atoms with Gasteiger partial charge in [-0.3, -0.25) is 4.79 Å². The Balaban J connectivity index is 2.56. The summed E-state index contributed by atoms with van der Waals surface area (Å²) in [6, 6.07) is -0.180. The van der Waals surface area contributed by atoms with Crippen molar-refractivity contribution in [3.05, 3.63) is 0 Å². The molecule has 0 unspecified atom stereocenters. The Kier molecular flexibility index (Phi) is 5.63. The fourth-order valence-corrected chi connectivity index (χ4v) is 2.60. The van der Waals surface area contributed by atoms with E-state index in [1.165, 1.54) is 0 Å². The van der Waals surface area contributed by atoms with Gasteiger partial charge < -0.3 is 15.3 Å². The van der Waals surface area contributed by atoms with Crippen LogP contribution >= 0.6 is 0 Å². The molecular formula is C14H26N2O3. The Bertz CT molecular complexity index is 323. The number of carbonyl (C=O) groups excluding carboxylic acids is 1. The van der Waals surface area contributed by atoms with E-state index >= 15 is 0 Å². The van der Waals surface area contributed by atoms with Crippen LogP contribution < -0.4 is 5.32 Å². The molecule has 5 heteroatoms. The summed E-state index contributed by atoms with van der Waals surface area (Å²) >= 11 is 0. The highest BCUT2D eigenvalue weighted by Gasteiger charge is 2.41. The molecule has 0 heterocycles. The molecule has 0 aromatic heterocycles. The first-order chi connectivity index (χ1) is 8.91. The minimum Gasteiger partial charge on any atom is -0.481 e. The van der Waals surface area contributed by atoms with Crippen molar-refractivity contribution < 1.29 is 14.7 Å². The third-order valence-electron chi connectivity index (χ3n) is 4.17. The first-order valence-corrected chi connectivity index (χ1v) is 7.13.